The van der Waals surface area contributed by atoms with Crippen LogP contribution in [0.2, 0.25) is 0 Å². The molecule has 11 heteroatoms. The van der Waals surface area contributed by atoms with Crippen molar-refractivity contribution in [1.29, 1.82) is 0 Å². The van der Waals surface area contributed by atoms with E-state index in [9.17, 15) is 29.4 Å². The molecule has 26 heavy (non-hydrogen) atoms. The highest BCUT2D eigenvalue weighted by atomic mass is 16.4. The van der Waals surface area contributed by atoms with Crippen LogP contribution in [0.1, 0.15) is 27.2 Å². The van der Waals surface area contributed by atoms with Gasteiger partial charge in [-0.15, -0.1) is 0 Å². The standard InChI is InChI=1S/C15H28N4O7/c1-4-7(2)11(15(25)26)19-14(24)10(6-21)18-12(22)8(3)17-13(23)9(16)5-20/h7-11,20-21H,4-6,16H2,1-3H3,(H,17,23)(H,18,22)(H,19,24)(H,25,26). The number of aliphatic hydroxyl groups excluding tert-OH is 2. The van der Waals surface area contributed by atoms with Crippen LogP contribution in [0.25, 0.3) is 0 Å². The zero-order valence-corrected chi connectivity index (χ0v) is 15.1. The van der Waals surface area contributed by atoms with Crippen LogP contribution in [0.5, 0.6) is 0 Å². The fraction of sp³-hybridized carbons (Fsp3) is 0.733. The lowest BCUT2D eigenvalue weighted by molar-refractivity contribution is -0.144. The Morgan fingerprint density at radius 1 is 0.923 bits per heavy atom. The predicted octanol–water partition coefficient (Wildman–Crippen LogP) is -3.10. The monoisotopic (exact) mass is 376 g/mol. The Kier molecular flexibility index (Phi) is 10.4. The van der Waals surface area contributed by atoms with Gasteiger partial charge in [-0.1, -0.05) is 20.3 Å². The van der Waals surface area contributed by atoms with Crippen molar-refractivity contribution in [2.24, 2.45) is 11.7 Å². The molecule has 0 aliphatic carbocycles. The average molecular weight is 376 g/mol. The number of nitrogens with two attached hydrogens (primary N) is 1. The Balaban J connectivity index is 4.86. The number of aliphatic hydroxyl groups is 2. The van der Waals surface area contributed by atoms with E-state index in [4.69, 9.17) is 10.8 Å². The van der Waals surface area contributed by atoms with Crippen LogP contribution in [0.15, 0.2) is 0 Å². The van der Waals surface area contributed by atoms with E-state index in [0.29, 0.717) is 6.42 Å². The highest BCUT2D eigenvalue weighted by molar-refractivity contribution is 5.94. The molecule has 0 rings (SSSR count). The van der Waals surface area contributed by atoms with Gasteiger partial charge in [0.05, 0.1) is 13.2 Å². The third kappa shape index (κ3) is 7.33. The second kappa shape index (κ2) is 11.4. The summed E-state index contributed by atoms with van der Waals surface area (Å²) in [6, 6.07) is -4.85. The van der Waals surface area contributed by atoms with Gasteiger partial charge in [-0.25, -0.2) is 4.79 Å². The number of hydrogen-bond acceptors (Lipinski definition) is 7. The van der Waals surface area contributed by atoms with Gasteiger partial charge in [0, 0.05) is 0 Å². The predicted molar refractivity (Wildman–Crippen MR) is 90.7 cm³/mol. The van der Waals surface area contributed by atoms with Crippen molar-refractivity contribution in [2.45, 2.75) is 51.4 Å². The van der Waals surface area contributed by atoms with Crippen molar-refractivity contribution >= 4 is 23.7 Å². The molecule has 0 bridgehead atoms. The summed E-state index contributed by atoms with van der Waals surface area (Å²) in [5.74, 6) is -3.99. The normalized spacial score (nSPS) is 16.5. The number of aliphatic carboxylic acids is 1. The highest BCUT2D eigenvalue weighted by Crippen LogP contribution is 2.08. The highest BCUT2D eigenvalue weighted by Gasteiger charge is 2.30. The number of carbonyl (C=O) groups is 4. The minimum absolute atomic E-state index is 0.357. The summed E-state index contributed by atoms with van der Waals surface area (Å²) in [7, 11) is 0. The lowest BCUT2D eigenvalue weighted by atomic mass is 9.99. The molecular weight excluding hydrogens is 348 g/mol. The molecule has 5 unspecified atom stereocenters. The Morgan fingerprint density at radius 3 is 1.92 bits per heavy atom. The zero-order chi connectivity index (χ0) is 20.4. The molecule has 0 radical (unpaired) electrons. The topological polar surface area (TPSA) is 191 Å². The summed E-state index contributed by atoms with van der Waals surface area (Å²) in [4.78, 5) is 47.0. The first kappa shape index (κ1) is 23.8. The molecule has 0 aromatic rings. The molecule has 11 nitrogen and oxygen atoms in total. The molecule has 0 aliphatic rings. The number of carboxylic acids is 1. The number of amides is 3. The third-order valence-corrected chi connectivity index (χ3v) is 3.88. The molecule has 0 fully saturated rings. The van der Waals surface area contributed by atoms with Crippen molar-refractivity contribution < 1.29 is 34.5 Å². The number of hydrogen-bond donors (Lipinski definition) is 7. The third-order valence-electron chi connectivity index (χ3n) is 3.88. The van der Waals surface area contributed by atoms with Crippen molar-refractivity contribution in [3.63, 3.8) is 0 Å². The Hall–Kier alpha value is -2.24. The molecule has 3 amide bonds. The molecule has 0 saturated heterocycles. The van der Waals surface area contributed by atoms with Crippen LogP contribution in [0.4, 0.5) is 0 Å². The van der Waals surface area contributed by atoms with Crippen molar-refractivity contribution in [2.75, 3.05) is 13.2 Å². The molecule has 0 aromatic carbocycles. The van der Waals surface area contributed by atoms with Gasteiger partial charge in [-0.3, -0.25) is 14.4 Å². The maximum absolute atomic E-state index is 12.2. The van der Waals surface area contributed by atoms with E-state index < -0.39 is 61.1 Å². The number of rotatable bonds is 11. The van der Waals surface area contributed by atoms with Crippen LogP contribution < -0.4 is 21.7 Å². The van der Waals surface area contributed by atoms with Gasteiger partial charge in [-0.05, 0) is 12.8 Å². The maximum Gasteiger partial charge on any atom is 0.326 e. The van der Waals surface area contributed by atoms with Gasteiger partial charge in [0.1, 0.15) is 24.2 Å². The first-order valence-electron chi connectivity index (χ1n) is 8.20. The fourth-order valence-electron chi connectivity index (χ4n) is 1.90. The maximum atomic E-state index is 12.2. The van der Waals surface area contributed by atoms with E-state index in [0.717, 1.165) is 0 Å². The van der Waals surface area contributed by atoms with Gasteiger partial charge in [0.25, 0.3) is 0 Å². The van der Waals surface area contributed by atoms with Gasteiger partial charge >= 0.3 is 5.97 Å². The van der Waals surface area contributed by atoms with Crippen LogP contribution in [-0.2, 0) is 19.2 Å². The minimum atomic E-state index is -1.39. The van der Waals surface area contributed by atoms with Crippen molar-refractivity contribution in [3.05, 3.63) is 0 Å². The summed E-state index contributed by atoms with van der Waals surface area (Å²) in [5.41, 5.74) is 5.31. The van der Waals surface area contributed by atoms with Gasteiger partial charge in [0.2, 0.25) is 17.7 Å². The van der Waals surface area contributed by atoms with Gasteiger partial charge in [-0.2, -0.15) is 0 Å². The molecule has 150 valence electrons. The first-order valence-corrected chi connectivity index (χ1v) is 8.20. The van der Waals surface area contributed by atoms with Crippen LogP contribution in [0, 0.1) is 5.92 Å². The second-order valence-corrected chi connectivity index (χ2v) is 5.97. The Bertz CT molecular complexity index is 514. The Labute approximate surface area is 151 Å². The lowest BCUT2D eigenvalue weighted by Gasteiger charge is -2.24. The Morgan fingerprint density at radius 2 is 1.50 bits per heavy atom. The summed E-state index contributed by atoms with van der Waals surface area (Å²) in [6.45, 7) is 3.37. The summed E-state index contributed by atoms with van der Waals surface area (Å²) in [6.07, 6.45) is 0.502. The number of carboxylic acid groups (broad SMARTS) is 1. The van der Waals surface area contributed by atoms with E-state index >= 15 is 0 Å². The largest absolute Gasteiger partial charge is 0.480 e. The van der Waals surface area contributed by atoms with Gasteiger partial charge < -0.3 is 37.0 Å². The van der Waals surface area contributed by atoms with Crippen LogP contribution in [0.3, 0.4) is 0 Å². The van der Waals surface area contributed by atoms with Gasteiger partial charge in [0.15, 0.2) is 0 Å². The van der Waals surface area contributed by atoms with E-state index in [1.807, 2.05) is 0 Å². The first-order chi connectivity index (χ1) is 12.1. The summed E-state index contributed by atoms with van der Waals surface area (Å²) in [5, 5.41) is 34.0. The van der Waals surface area contributed by atoms with Crippen LogP contribution >= 0.6 is 0 Å². The van der Waals surface area contributed by atoms with E-state index in [2.05, 4.69) is 16.0 Å². The second-order valence-electron chi connectivity index (χ2n) is 5.97. The summed E-state index contributed by atoms with van der Waals surface area (Å²) >= 11 is 0. The minimum Gasteiger partial charge on any atom is -0.480 e. The fourth-order valence-corrected chi connectivity index (χ4v) is 1.90. The molecule has 8 N–H and O–H groups in total. The summed E-state index contributed by atoms with van der Waals surface area (Å²) < 4.78 is 0. The number of nitrogens with one attached hydrogen (secondary N) is 3. The molecule has 0 heterocycles. The average Bonchev–Trinajstić information content (AvgIpc) is 2.61. The number of carbonyl (C=O) groups excluding carboxylic acids is 3. The molecular formula is C15H28N4O7. The molecule has 5 atom stereocenters. The SMILES string of the molecule is CCC(C)C(NC(=O)C(CO)NC(=O)C(C)NC(=O)C(N)CO)C(=O)O. The zero-order valence-electron chi connectivity index (χ0n) is 15.1. The molecule has 0 saturated carbocycles. The molecule has 0 spiro atoms. The molecule has 0 aliphatic heterocycles. The van der Waals surface area contributed by atoms with E-state index in [1.165, 1.54) is 6.92 Å². The van der Waals surface area contributed by atoms with Crippen LogP contribution in [-0.4, -0.2) is 76.4 Å². The molecule has 0 aromatic heterocycles. The van der Waals surface area contributed by atoms with E-state index in [-0.39, 0.29) is 5.92 Å². The quantitative estimate of drug-likeness (QED) is 0.197. The van der Waals surface area contributed by atoms with Crippen molar-refractivity contribution in [1.82, 2.24) is 16.0 Å². The van der Waals surface area contributed by atoms with Crippen molar-refractivity contribution in [3.8, 4) is 0 Å². The smallest absolute Gasteiger partial charge is 0.326 e. The lowest BCUT2D eigenvalue weighted by Crippen LogP contribution is -2.58. The van der Waals surface area contributed by atoms with E-state index in [1.54, 1.807) is 13.8 Å².